The fraction of sp³-hybridized carbons (Fsp3) is 0.750. The number of ether oxygens (including phenoxy) is 1. The minimum Gasteiger partial charge on any atom is -0.448 e. The maximum atomic E-state index is 13.5. The lowest BCUT2D eigenvalue weighted by atomic mass is 9.55. The van der Waals surface area contributed by atoms with Crippen molar-refractivity contribution in [3.63, 3.8) is 0 Å². The van der Waals surface area contributed by atoms with E-state index in [0.29, 0.717) is 12.3 Å². The molecule has 2 fully saturated rings. The smallest absolute Gasteiger partial charge is 0.310 e. The molecule has 6 nitrogen and oxygen atoms in total. The molecule has 166 valence electrons. The van der Waals surface area contributed by atoms with E-state index < -0.39 is 29.7 Å². The number of carbonyl (C=O) groups is 2. The summed E-state index contributed by atoms with van der Waals surface area (Å²) >= 11 is 0. The van der Waals surface area contributed by atoms with E-state index in [9.17, 15) is 19.8 Å². The minimum atomic E-state index is -1.20. The molecule has 2 aliphatic carbocycles. The Morgan fingerprint density at radius 3 is 2.57 bits per heavy atom. The molecule has 0 bridgehead atoms. The number of aliphatic hydroxyl groups excluding tert-OH is 2. The van der Waals surface area contributed by atoms with Crippen LogP contribution in [0.4, 0.5) is 0 Å². The molecule has 30 heavy (non-hydrogen) atoms. The first-order chi connectivity index (χ1) is 14.1. The zero-order valence-electron chi connectivity index (χ0n) is 18.6. The van der Waals surface area contributed by atoms with Gasteiger partial charge in [-0.2, -0.15) is 0 Å². The Balaban J connectivity index is 1.85. The molecule has 2 saturated heterocycles. The van der Waals surface area contributed by atoms with Crippen molar-refractivity contribution in [2.75, 3.05) is 0 Å². The monoisotopic (exact) mass is 417 g/mol. The van der Waals surface area contributed by atoms with Crippen LogP contribution in [-0.2, 0) is 14.3 Å². The Labute approximate surface area is 178 Å². The van der Waals surface area contributed by atoms with Gasteiger partial charge in [0.1, 0.15) is 0 Å². The topological polar surface area (TPSA) is 95.9 Å². The van der Waals surface area contributed by atoms with Gasteiger partial charge in [-0.15, -0.1) is 0 Å². The van der Waals surface area contributed by atoms with E-state index in [0.717, 1.165) is 12.0 Å². The average Bonchev–Trinajstić information content (AvgIpc) is 2.92. The van der Waals surface area contributed by atoms with Gasteiger partial charge in [-0.05, 0) is 44.9 Å². The van der Waals surface area contributed by atoms with E-state index in [-0.39, 0.29) is 42.0 Å². The van der Waals surface area contributed by atoms with Crippen molar-refractivity contribution in [1.29, 1.82) is 0 Å². The van der Waals surface area contributed by atoms with Gasteiger partial charge >= 0.3 is 5.97 Å². The van der Waals surface area contributed by atoms with Gasteiger partial charge in [-0.3, -0.25) is 9.59 Å². The number of fused-ring (bicyclic) bond motifs is 2. The van der Waals surface area contributed by atoms with Crippen LogP contribution in [-0.4, -0.2) is 45.9 Å². The first-order valence-electron chi connectivity index (χ1n) is 11.3. The molecule has 9 atom stereocenters. The zero-order chi connectivity index (χ0) is 22.0. The van der Waals surface area contributed by atoms with E-state index >= 15 is 0 Å². The first kappa shape index (κ1) is 21.6. The molecular weight excluding hydrogens is 382 g/mol. The van der Waals surface area contributed by atoms with E-state index in [4.69, 9.17) is 4.74 Å². The fourth-order valence-electron chi connectivity index (χ4n) is 6.52. The van der Waals surface area contributed by atoms with Gasteiger partial charge in [0.05, 0.1) is 18.1 Å². The largest absolute Gasteiger partial charge is 0.448 e. The summed E-state index contributed by atoms with van der Waals surface area (Å²) in [7, 11) is 0. The van der Waals surface area contributed by atoms with Gasteiger partial charge < -0.3 is 20.3 Å². The summed E-state index contributed by atoms with van der Waals surface area (Å²) in [6.45, 7) is 10.5. The quantitative estimate of drug-likeness (QED) is 0.473. The van der Waals surface area contributed by atoms with Gasteiger partial charge in [0.25, 0.3) is 5.91 Å². The van der Waals surface area contributed by atoms with Crippen LogP contribution in [0, 0.1) is 35.5 Å². The third-order valence-electron chi connectivity index (χ3n) is 8.06. The first-order valence-corrected chi connectivity index (χ1v) is 11.3. The Morgan fingerprint density at radius 1 is 1.20 bits per heavy atom. The van der Waals surface area contributed by atoms with Gasteiger partial charge in [-0.25, -0.2) is 0 Å². The highest BCUT2D eigenvalue weighted by molar-refractivity contribution is 5.94. The van der Waals surface area contributed by atoms with E-state index in [1.165, 1.54) is 5.57 Å². The molecule has 2 aliphatic heterocycles. The summed E-state index contributed by atoms with van der Waals surface area (Å²) < 4.78 is 6.13. The third kappa shape index (κ3) is 3.06. The molecular formula is C24H35NO5. The van der Waals surface area contributed by atoms with Gasteiger partial charge in [0, 0.05) is 23.8 Å². The molecule has 3 N–H and O–H groups in total. The Hall–Kier alpha value is -1.66. The number of amides is 1. The molecule has 0 radical (unpaired) electrons. The number of hydrogen-bond acceptors (Lipinski definition) is 5. The summed E-state index contributed by atoms with van der Waals surface area (Å²) in [5, 5.41) is 23.8. The zero-order valence-corrected chi connectivity index (χ0v) is 18.6. The van der Waals surface area contributed by atoms with E-state index in [2.05, 4.69) is 39.1 Å². The SMILES string of the molecule is CC1=C[C@@H]2[C@H]3/C(C)=C\C[C@H](O)[C@H](O)C[C@@H]3C(=O)O[C@]23C(=O)N[C@@H](CC(C)C)[C@@H]3[C@@H]1C. The van der Waals surface area contributed by atoms with Gasteiger partial charge in [0.2, 0.25) is 5.60 Å². The molecule has 1 amide bonds. The summed E-state index contributed by atoms with van der Waals surface area (Å²) in [6.07, 6.45) is 3.51. The highest BCUT2D eigenvalue weighted by atomic mass is 16.6. The fourth-order valence-corrected chi connectivity index (χ4v) is 6.52. The number of aliphatic hydroxyl groups is 2. The highest BCUT2D eigenvalue weighted by Crippen LogP contribution is 2.57. The van der Waals surface area contributed by atoms with E-state index in [1.54, 1.807) is 0 Å². The Bertz CT molecular complexity index is 801. The molecule has 0 aromatic carbocycles. The molecule has 2 heterocycles. The van der Waals surface area contributed by atoms with Crippen molar-refractivity contribution in [3.8, 4) is 0 Å². The van der Waals surface area contributed by atoms with Crippen LogP contribution in [0.3, 0.4) is 0 Å². The summed E-state index contributed by atoms with van der Waals surface area (Å²) in [5.74, 6) is -1.24. The molecule has 0 saturated carbocycles. The summed E-state index contributed by atoms with van der Waals surface area (Å²) in [5.41, 5.74) is 1.01. The van der Waals surface area contributed by atoms with Crippen LogP contribution in [0.15, 0.2) is 23.3 Å². The second-order valence-corrected chi connectivity index (χ2v) is 10.4. The van der Waals surface area contributed by atoms with Gasteiger partial charge in [-0.1, -0.05) is 44.1 Å². The number of esters is 1. The lowest BCUT2D eigenvalue weighted by Crippen LogP contribution is -2.64. The Morgan fingerprint density at radius 2 is 1.90 bits per heavy atom. The van der Waals surface area contributed by atoms with Crippen molar-refractivity contribution in [3.05, 3.63) is 23.3 Å². The molecule has 4 aliphatic rings. The number of carbonyl (C=O) groups excluding carboxylic acids is 2. The number of allylic oxidation sites excluding steroid dienone is 2. The molecule has 6 heteroatoms. The maximum absolute atomic E-state index is 13.5. The lowest BCUT2D eigenvalue weighted by Gasteiger charge is -2.53. The van der Waals surface area contributed by atoms with Crippen LogP contribution in [0.25, 0.3) is 0 Å². The van der Waals surface area contributed by atoms with E-state index in [1.807, 2.05) is 13.0 Å². The van der Waals surface area contributed by atoms with Crippen molar-refractivity contribution < 1.29 is 24.5 Å². The Kier molecular flexibility index (Phi) is 5.38. The second kappa shape index (κ2) is 7.49. The van der Waals surface area contributed by atoms with Crippen molar-refractivity contribution >= 4 is 11.9 Å². The molecule has 0 aromatic heterocycles. The average molecular weight is 418 g/mol. The predicted molar refractivity (Wildman–Crippen MR) is 112 cm³/mol. The highest BCUT2D eigenvalue weighted by Gasteiger charge is 2.69. The number of hydrogen-bond donors (Lipinski definition) is 3. The molecule has 0 unspecified atom stereocenters. The standard InChI is InChI=1S/C24H35NO5/c1-11(2)8-17-21-14(5)13(4)9-16-20-12(3)6-7-18(26)19(27)10-15(20)22(28)30-24(16,21)23(29)25-17/h6,9,11,14-21,26-27H,7-8,10H2,1-5H3,(H,25,29)/b12-6-/t14-,15+,16-,17+,18+,19-,20+,21+,24-/m1/s1. The predicted octanol–water partition coefficient (Wildman–Crippen LogP) is 2.35. The van der Waals surface area contributed by atoms with Crippen LogP contribution in [0.1, 0.15) is 53.9 Å². The molecule has 0 aromatic rings. The maximum Gasteiger partial charge on any atom is 0.310 e. The number of nitrogens with one attached hydrogen (secondary N) is 1. The van der Waals surface area contributed by atoms with Crippen LogP contribution in [0.2, 0.25) is 0 Å². The lowest BCUT2D eigenvalue weighted by molar-refractivity contribution is -0.203. The van der Waals surface area contributed by atoms with Crippen LogP contribution < -0.4 is 5.32 Å². The van der Waals surface area contributed by atoms with Crippen LogP contribution >= 0.6 is 0 Å². The third-order valence-corrected chi connectivity index (χ3v) is 8.06. The van der Waals surface area contributed by atoms with Gasteiger partial charge in [0.15, 0.2) is 0 Å². The normalized spacial score (nSPS) is 47.6. The molecule has 1 spiro atoms. The van der Waals surface area contributed by atoms with Crippen molar-refractivity contribution in [2.45, 2.75) is 77.7 Å². The van der Waals surface area contributed by atoms with Crippen LogP contribution in [0.5, 0.6) is 0 Å². The minimum absolute atomic E-state index is 0.0340. The number of rotatable bonds is 2. The second-order valence-electron chi connectivity index (χ2n) is 10.4. The van der Waals surface area contributed by atoms with Crippen molar-refractivity contribution in [1.82, 2.24) is 5.32 Å². The summed E-state index contributed by atoms with van der Waals surface area (Å²) in [4.78, 5) is 26.8. The summed E-state index contributed by atoms with van der Waals surface area (Å²) in [6, 6.07) is -0.0340. The molecule has 4 rings (SSSR count). The van der Waals surface area contributed by atoms with Crippen molar-refractivity contribution in [2.24, 2.45) is 35.5 Å².